The van der Waals surface area contributed by atoms with Gasteiger partial charge >= 0.3 is 5.97 Å². The number of carboxylic acids is 1. The number of hydrogen-bond donors (Lipinski definition) is 2. The van der Waals surface area contributed by atoms with Crippen molar-refractivity contribution in [3.63, 3.8) is 0 Å². The predicted octanol–water partition coefficient (Wildman–Crippen LogP) is 3.09. The second kappa shape index (κ2) is 5.48. The van der Waals surface area contributed by atoms with Crippen molar-refractivity contribution in [3.05, 3.63) is 59.7 Å². The van der Waals surface area contributed by atoms with Crippen LogP contribution in [0.4, 0.5) is 10.1 Å². The molecular formula is C14H13FN2O2. The van der Waals surface area contributed by atoms with Crippen LogP contribution in [0.1, 0.15) is 29.0 Å². The topological polar surface area (TPSA) is 62.2 Å². The molecule has 0 amide bonds. The molecule has 1 unspecified atom stereocenters. The molecule has 5 heteroatoms. The first-order valence-electron chi connectivity index (χ1n) is 5.78. The van der Waals surface area contributed by atoms with E-state index in [1.165, 1.54) is 18.3 Å². The Bertz CT molecular complexity index is 602. The Morgan fingerprint density at radius 2 is 2.16 bits per heavy atom. The number of pyridine rings is 1. The normalized spacial score (nSPS) is 11.9. The number of carbonyl (C=O) groups is 1. The Balaban J connectivity index is 2.24. The second-order valence-electron chi connectivity index (χ2n) is 4.13. The lowest BCUT2D eigenvalue weighted by Crippen LogP contribution is -2.12. The zero-order valence-electron chi connectivity index (χ0n) is 10.3. The minimum atomic E-state index is -1.10. The number of anilines is 1. The zero-order chi connectivity index (χ0) is 13.8. The minimum absolute atomic E-state index is 0.0502. The summed E-state index contributed by atoms with van der Waals surface area (Å²) in [7, 11) is 0. The van der Waals surface area contributed by atoms with Gasteiger partial charge < -0.3 is 10.4 Å². The number of rotatable bonds is 4. The van der Waals surface area contributed by atoms with Crippen LogP contribution in [-0.2, 0) is 0 Å². The number of benzene rings is 1. The minimum Gasteiger partial charge on any atom is -0.476 e. The molecule has 98 valence electrons. The third-order valence-electron chi connectivity index (χ3n) is 2.73. The van der Waals surface area contributed by atoms with Crippen LogP contribution in [0.15, 0.2) is 42.6 Å². The lowest BCUT2D eigenvalue weighted by molar-refractivity contribution is 0.0691. The van der Waals surface area contributed by atoms with E-state index in [4.69, 9.17) is 5.11 Å². The molecule has 0 fully saturated rings. The van der Waals surface area contributed by atoms with E-state index in [1.54, 1.807) is 24.3 Å². The van der Waals surface area contributed by atoms with Crippen molar-refractivity contribution < 1.29 is 14.3 Å². The zero-order valence-corrected chi connectivity index (χ0v) is 10.3. The van der Waals surface area contributed by atoms with Gasteiger partial charge in [-0.15, -0.1) is 0 Å². The van der Waals surface area contributed by atoms with E-state index < -0.39 is 5.97 Å². The molecule has 0 aliphatic heterocycles. The largest absolute Gasteiger partial charge is 0.476 e. The van der Waals surface area contributed by atoms with Gasteiger partial charge in [-0.25, -0.2) is 14.2 Å². The summed E-state index contributed by atoms with van der Waals surface area (Å²) in [5.74, 6) is -1.43. The molecule has 1 aromatic carbocycles. The Hall–Kier alpha value is -2.43. The predicted molar refractivity (Wildman–Crippen MR) is 69.6 cm³/mol. The van der Waals surface area contributed by atoms with Gasteiger partial charge in [-0.1, -0.05) is 12.1 Å². The van der Waals surface area contributed by atoms with Crippen LogP contribution in [0.25, 0.3) is 0 Å². The van der Waals surface area contributed by atoms with E-state index in [0.29, 0.717) is 5.69 Å². The van der Waals surface area contributed by atoms with E-state index in [1.807, 2.05) is 6.92 Å². The molecule has 0 spiro atoms. The molecule has 1 atom stereocenters. The van der Waals surface area contributed by atoms with Gasteiger partial charge in [0.05, 0.1) is 5.69 Å². The van der Waals surface area contributed by atoms with Crippen molar-refractivity contribution in [2.45, 2.75) is 13.0 Å². The van der Waals surface area contributed by atoms with Crippen molar-refractivity contribution in [1.82, 2.24) is 4.98 Å². The molecule has 2 N–H and O–H groups in total. The van der Waals surface area contributed by atoms with Gasteiger partial charge in [0.1, 0.15) is 5.82 Å². The Labute approximate surface area is 109 Å². The van der Waals surface area contributed by atoms with Gasteiger partial charge in [-0.05, 0) is 36.8 Å². The second-order valence-corrected chi connectivity index (χ2v) is 4.13. The molecular weight excluding hydrogens is 247 g/mol. The molecule has 0 saturated carbocycles. The summed E-state index contributed by atoms with van der Waals surface area (Å²) >= 11 is 0. The fourth-order valence-corrected chi connectivity index (χ4v) is 1.78. The van der Waals surface area contributed by atoms with Gasteiger partial charge in [-0.2, -0.15) is 0 Å². The van der Waals surface area contributed by atoms with Crippen molar-refractivity contribution >= 4 is 11.7 Å². The van der Waals surface area contributed by atoms with Crippen molar-refractivity contribution in [2.24, 2.45) is 0 Å². The van der Waals surface area contributed by atoms with Crippen LogP contribution in [0.2, 0.25) is 0 Å². The summed E-state index contributed by atoms with van der Waals surface area (Å²) in [6.45, 7) is 1.83. The molecule has 2 rings (SSSR count). The van der Waals surface area contributed by atoms with Gasteiger partial charge in [0, 0.05) is 12.2 Å². The summed E-state index contributed by atoms with van der Waals surface area (Å²) in [5.41, 5.74) is 1.10. The molecule has 0 saturated heterocycles. The molecule has 0 bridgehead atoms. The summed E-state index contributed by atoms with van der Waals surface area (Å²) < 4.78 is 13.1. The maximum atomic E-state index is 13.1. The summed E-state index contributed by atoms with van der Waals surface area (Å²) in [6.07, 6.45) is 1.42. The average Bonchev–Trinajstić information content (AvgIpc) is 2.39. The first kappa shape index (κ1) is 13.0. The van der Waals surface area contributed by atoms with Crippen LogP contribution in [0.3, 0.4) is 0 Å². The van der Waals surface area contributed by atoms with Gasteiger partial charge in [0.15, 0.2) is 5.69 Å². The van der Waals surface area contributed by atoms with Crippen molar-refractivity contribution in [3.8, 4) is 0 Å². The highest BCUT2D eigenvalue weighted by atomic mass is 19.1. The van der Waals surface area contributed by atoms with Crippen molar-refractivity contribution in [1.29, 1.82) is 0 Å². The van der Waals surface area contributed by atoms with Crippen LogP contribution >= 0.6 is 0 Å². The summed E-state index contributed by atoms with van der Waals surface area (Å²) in [4.78, 5) is 14.8. The molecule has 1 aromatic heterocycles. The molecule has 4 nitrogen and oxygen atoms in total. The summed E-state index contributed by atoms with van der Waals surface area (Å²) in [6, 6.07) is 9.22. The first-order chi connectivity index (χ1) is 9.08. The van der Waals surface area contributed by atoms with E-state index in [9.17, 15) is 9.18 Å². The number of nitrogens with zero attached hydrogens (tertiary/aromatic N) is 1. The van der Waals surface area contributed by atoms with Gasteiger partial charge in [0.25, 0.3) is 0 Å². The van der Waals surface area contributed by atoms with E-state index in [0.717, 1.165) is 5.56 Å². The monoisotopic (exact) mass is 260 g/mol. The maximum absolute atomic E-state index is 13.1. The van der Waals surface area contributed by atoms with Gasteiger partial charge in [-0.3, -0.25) is 0 Å². The van der Waals surface area contributed by atoms with Crippen LogP contribution in [0, 0.1) is 5.82 Å². The maximum Gasteiger partial charge on any atom is 0.356 e. The highest BCUT2D eigenvalue weighted by Gasteiger charge is 2.13. The third kappa shape index (κ3) is 3.07. The summed E-state index contributed by atoms with van der Waals surface area (Å²) in [5, 5.41) is 12.1. The SMILES string of the molecule is CC(Nc1cccnc1C(=O)O)c1cccc(F)c1. The third-order valence-corrected chi connectivity index (χ3v) is 2.73. The fraction of sp³-hybridized carbons (Fsp3) is 0.143. The van der Waals surface area contributed by atoms with Gasteiger partial charge in [0.2, 0.25) is 0 Å². The van der Waals surface area contributed by atoms with Crippen LogP contribution in [-0.4, -0.2) is 16.1 Å². The number of aromatic carboxylic acids is 1. The number of carboxylic acid groups (broad SMARTS) is 1. The molecule has 0 radical (unpaired) electrons. The molecule has 2 aromatic rings. The number of halogens is 1. The highest BCUT2D eigenvalue weighted by molar-refractivity contribution is 5.91. The van der Waals surface area contributed by atoms with E-state index >= 15 is 0 Å². The Kier molecular flexibility index (Phi) is 3.75. The fourth-order valence-electron chi connectivity index (χ4n) is 1.78. The smallest absolute Gasteiger partial charge is 0.356 e. The average molecular weight is 260 g/mol. The van der Waals surface area contributed by atoms with E-state index in [2.05, 4.69) is 10.3 Å². The van der Waals surface area contributed by atoms with Crippen LogP contribution in [0.5, 0.6) is 0 Å². The lowest BCUT2D eigenvalue weighted by Gasteiger charge is -2.16. The Morgan fingerprint density at radius 1 is 1.37 bits per heavy atom. The number of aromatic nitrogens is 1. The van der Waals surface area contributed by atoms with Crippen LogP contribution < -0.4 is 5.32 Å². The molecule has 0 aliphatic rings. The molecule has 19 heavy (non-hydrogen) atoms. The van der Waals surface area contributed by atoms with Crippen molar-refractivity contribution in [2.75, 3.05) is 5.32 Å². The Morgan fingerprint density at radius 3 is 2.84 bits per heavy atom. The number of nitrogens with one attached hydrogen (secondary N) is 1. The molecule has 0 aliphatic carbocycles. The lowest BCUT2D eigenvalue weighted by atomic mass is 10.1. The highest BCUT2D eigenvalue weighted by Crippen LogP contribution is 2.21. The molecule has 1 heterocycles. The van der Waals surface area contributed by atoms with E-state index in [-0.39, 0.29) is 17.6 Å². The standard InChI is InChI=1S/C14H13FN2O2/c1-9(10-4-2-5-11(15)8-10)17-12-6-3-7-16-13(12)14(18)19/h2-9,17H,1H3,(H,18,19). The first-order valence-corrected chi connectivity index (χ1v) is 5.78. The quantitative estimate of drug-likeness (QED) is 0.886. The number of hydrogen-bond acceptors (Lipinski definition) is 3.